The number of carbonyl (C=O) groups is 2. The highest BCUT2D eigenvalue weighted by Gasteiger charge is 2.16. The van der Waals surface area contributed by atoms with Crippen LogP contribution in [0.3, 0.4) is 0 Å². The van der Waals surface area contributed by atoms with Crippen LogP contribution in [0, 0.1) is 0 Å². The van der Waals surface area contributed by atoms with Gasteiger partial charge in [0.25, 0.3) is 11.8 Å². The molecule has 0 saturated heterocycles. The fraction of sp³-hybridized carbons (Fsp3) is 0. The summed E-state index contributed by atoms with van der Waals surface area (Å²) in [5.41, 5.74) is 0.743. The Labute approximate surface area is 141 Å². The van der Waals surface area contributed by atoms with Gasteiger partial charge in [0, 0.05) is 12.3 Å². The predicted molar refractivity (Wildman–Crippen MR) is 88.1 cm³/mol. The molecule has 24 heavy (non-hydrogen) atoms. The lowest BCUT2D eigenvalue weighted by atomic mass is 10.1. The molecule has 2 N–H and O–H groups in total. The Hall–Kier alpha value is -3.19. The number of halogens is 1. The van der Waals surface area contributed by atoms with Crippen LogP contribution in [-0.4, -0.2) is 22.0 Å². The van der Waals surface area contributed by atoms with Gasteiger partial charge in [-0.3, -0.25) is 9.59 Å². The molecule has 0 aliphatic rings. The van der Waals surface area contributed by atoms with Crippen molar-refractivity contribution in [3.8, 4) is 0 Å². The number of nitrogens with zero attached hydrogens (tertiary/aromatic N) is 2. The lowest BCUT2D eigenvalue weighted by molar-refractivity contribution is 0.101. The molecule has 3 rings (SSSR count). The molecule has 0 spiro atoms. The van der Waals surface area contributed by atoms with Crippen LogP contribution < -0.4 is 10.6 Å². The molecule has 0 aliphatic heterocycles. The second-order valence-electron chi connectivity index (χ2n) is 4.70. The van der Waals surface area contributed by atoms with E-state index in [1.54, 1.807) is 36.4 Å². The van der Waals surface area contributed by atoms with Crippen molar-refractivity contribution in [2.45, 2.75) is 0 Å². The van der Waals surface area contributed by atoms with Crippen molar-refractivity contribution < 1.29 is 14.1 Å². The van der Waals surface area contributed by atoms with Gasteiger partial charge in [-0.15, -0.1) is 0 Å². The van der Waals surface area contributed by atoms with E-state index in [4.69, 9.17) is 11.6 Å². The average molecular weight is 343 g/mol. The Morgan fingerprint density at radius 3 is 2.54 bits per heavy atom. The minimum Gasteiger partial charge on any atom is -0.364 e. The van der Waals surface area contributed by atoms with Crippen molar-refractivity contribution in [3.63, 3.8) is 0 Å². The Morgan fingerprint density at radius 2 is 1.83 bits per heavy atom. The standard InChI is InChI=1S/C16H11ClN4O3/c17-10-5-6-14(18-9-10)20-15(22)11-3-1-2-4-12(11)19-16(23)13-7-8-24-21-13/h1-9H,(H,19,23)(H,18,20,22). The summed E-state index contributed by atoms with van der Waals surface area (Å²) in [5.74, 6) is -0.545. The number of aromatic nitrogens is 2. The minimum absolute atomic E-state index is 0.115. The number of carbonyl (C=O) groups excluding carboxylic acids is 2. The molecule has 3 aromatic rings. The first kappa shape index (κ1) is 15.7. The first-order valence-corrected chi connectivity index (χ1v) is 7.25. The summed E-state index contributed by atoms with van der Waals surface area (Å²) in [6, 6.07) is 11.2. The zero-order valence-electron chi connectivity index (χ0n) is 12.2. The number of hydrogen-bond donors (Lipinski definition) is 2. The maximum Gasteiger partial charge on any atom is 0.277 e. The highest BCUT2D eigenvalue weighted by molar-refractivity contribution is 6.30. The summed E-state index contributed by atoms with van der Waals surface area (Å²) in [5, 5.41) is 9.28. The largest absolute Gasteiger partial charge is 0.364 e. The van der Waals surface area contributed by atoms with Crippen LogP contribution in [0.4, 0.5) is 11.5 Å². The predicted octanol–water partition coefficient (Wildman–Crippen LogP) is 3.23. The summed E-state index contributed by atoms with van der Waals surface area (Å²) in [6.45, 7) is 0. The molecule has 0 unspecified atom stereocenters. The SMILES string of the molecule is O=C(Nc1ccccc1C(=O)Nc1ccc(Cl)cn1)c1ccon1. The van der Waals surface area contributed by atoms with Gasteiger partial charge in [-0.2, -0.15) is 0 Å². The van der Waals surface area contributed by atoms with Crippen LogP contribution in [-0.2, 0) is 0 Å². The van der Waals surface area contributed by atoms with Gasteiger partial charge in [0.1, 0.15) is 12.1 Å². The minimum atomic E-state index is -0.478. The van der Waals surface area contributed by atoms with Crippen LogP contribution in [0.15, 0.2) is 59.4 Å². The molecule has 1 aromatic carbocycles. The fourth-order valence-electron chi connectivity index (χ4n) is 1.94. The first-order chi connectivity index (χ1) is 11.6. The molecule has 0 atom stereocenters. The number of nitrogens with one attached hydrogen (secondary N) is 2. The van der Waals surface area contributed by atoms with E-state index < -0.39 is 11.8 Å². The molecule has 2 heterocycles. The summed E-state index contributed by atoms with van der Waals surface area (Å²) >= 11 is 5.76. The van der Waals surface area contributed by atoms with E-state index in [1.165, 1.54) is 18.5 Å². The Morgan fingerprint density at radius 1 is 1.00 bits per heavy atom. The summed E-state index contributed by atoms with van der Waals surface area (Å²) < 4.78 is 4.63. The van der Waals surface area contributed by atoms with Gasteiger partial charge >= 0.3 is 0 Å². The summed E-state index contributed by atoms with van der Waals surface area (Å²) in [7, 11) is 0. The lowest BCUT2D eigenvalue weighted by Crippen LogP contribution is -2.18. The van der Waals surface area contributed by atoms with Crippen LogP contribution in [0.1, 0.15) is 20.8 Å². The van der Waals surface area contributed by atoms with Gasteiger partial charge in [0.05, 0.1) is 16.3 Å². The van der Waals surface area contributed by atoms with E-state index in [0.717, 1.165) is 0 Å². The van der Waals surface area contributed by atoms with E-state index in [2.05, 4.69) is 25.3 Å². The molecule has 0 aliphatic carbocycles. The number of benzene rings is 1. The third-order valence-electron chi connectivity index (χ3n) is 3.06. The zero-order valence-corrected chi connectivity index (χ0v) is 12.9. The maximum absolute atomic E-state index is 12.4. The van der Waals surface area contributed by atoms with Crippen LogP contribution >= 0.6 is 11.6 Å². The van der Waals surface area contributed by atoms with Crippen molar-refractivity contribution in [2.75, 3.05) is 10.6 Å². The van der Waals surface area contributed by atoms with E-state index in [1.807, 2.05) is 0 Å². The van der Waals surface area contributed by atoms with Crippen molar-refractivity contribution in [1.82, 2.24) is 10.1 Å². The van der Waals surface area contributed by atoms with Crippen molar-refractivity contribution in [2.24, 2.45) is 0 Å². The molecule has 2 aromatic heterocycles. The monoisotopic (exact) mass is 342 g/mol. The second kappa shape index (κ2) is 6.93. The molecule has 0 bridgehead atoms. The molecular formula is C16H11ClN4O3. The Bertz CT molecular complexity index is 863. The zero-order chi connectivity index (χ0) is 16.9. The lowest BCUT2D eigenvalue weighted by Gasteiger charge is -2.10. The second-order valence-corrected chi connectivity index (χ2v) is 5.14. The van der Waals surface area contributed by atoms with Gasteiger partial charge < -0.3 is 15.2 Å². The Balaban J connectivity index is 1.79. The number of anilines is 2. The highest BCUT2D eigenvalue weighted by atomic mass is 35.5. The van der Waals surface area contributed by atoms with Gasteiger partial charge in [-0.1, -0.05) is 28.9 Å². The van der Waals surface area contributed by atoms with E-state index in [0.29, 0.717) is 16.5 Å². The summed E-state index contributed by atoms with van der Waals surface area (Å²) in [6.07, 6.45) is 2.72. The topological polar surface area (TPSA) is 97.1 Å². The number of hydrogen-bond acceptors (Lipinski definition) is 5. The molecule has 0 radical (unpaired) electrons. The average Bonchev–Trinajstić information content (AvgIpc) is 3.12. The molecule has 0 saturated carbocycles. The van der Waals surface area contributed by atoms with Crippen molar-refractivity contribution in [3.05, 3.63) is 71.2 Å². The van der Waals surface area contributed by atoms with Gasteiger partial charge in [-0.05, 0) is 24.3 Å². The van der Waals surface area contributed by atoms with E-state index in [9.17, 15) is 9.59 Å². The van der Waals surface area contributed by atoms with Gasteiger partial charge in [-0.25, -0.2) is 4.98 Å². The van der Waals surface area contributed by atoms with Crippen LogP contribution in [0.25, 0.3) is 0 Å². The van der Waals surface area contributed by atoms with E-state index >= 15 is 0 Å². The number of para-hydroxylation sites is 1. The normalized spacial score (nSPS) is 10.2. The molecular weight excluding hydrogens is 332 g/mol. The molecule has 8 heteroatoms. The van der Waals surface area contributed by atoms with Gasteiger partial charge in [0.15, 0.2) is 5.69 Å². The smallest absolute Gasteiger partial charge is 0.277 e. The number of amides is 2. The maximum atomic E-state index is 12.4. The Kier molecular flexibility index (Phi) is 4.53. The van der Waals surface area contributed by atoms with Crippen molar-refractivity contribution >= 4 is 34.9 Å². The number of rotatable bonds is 4. The third-order valence-corrected chi connectivity index (χ3v) is 3.28. The highest BCUT2D eigenvalue weighted by Crippen LogP contribution is 2.18. The molecule has 0 fully saturated rings. The van der Waals surface area contributed by atoms with Crippen LogP contribution in [0.5, 0.6) is 0 Å². The quantitative estimate of drug-likeness (QED) is 0.758. The number of pyridine rings is 1. The third kappa shape index (κ3) is 3.58. The molecule has 120 valence electrons. The van der Waals surface area contributed by atoms with Crippen LogP contribution in [0.2, 0.25) is 5.02 Å². The van der Waals surface area contributed by atoms with Crippen molar-refractivity contribution in [1.29, 1.82) is 0 Å². The molecule has 2 amide bonds. The first-order valence-electron chi connectivity index (χ1n) is 6.87. The summed E-state index contributed by atoms with van der Waals surface area (Å²) in [4.78, 5) is 28.5. The fourth-order valence-corrected chi connectivity index (χ4v) is 2.05. The van der Waals surface area contributed by atoms with Gasteiger partial charge in [0.2, 0.25) is 0 Å². The van der Waals surface area contributed by atoms with E-state index in [-0.39, 0.29) is 11.3 Å². The molecule has 7 nitrogen and oxygen atoms in total.